The Bertz CT molecular complexity index is 479. The number of nitrogens with zero attached hydrogens (tertiary/aromatic N) is 1. The predicted octanol–water partition coefficient (Wildman–Crippen LogP) is 0.648. The number of rotatable bonds is 5. The second kappa shape index (κ2) is 7.10. The number of hydrogen-bond acceptors (Lipinski definition) is 4. The van der Waals surface area contributed by atoms with Crippen LogP contribution in [0.5, 0.6) is 0 Å². The number of benzene rings is 1. The molecular formula is C12H17BrN4O2. The first-order valence-electron chi connectivity index (χ1n) is 5.66. The van der Waals surface area contributed by atoms with Gasteiger partial charge in [-0.15, -0.1) is 0 Å². The molecular weight excluding hydrogens is 312 g/mol. The van der Waals surface area contributed by atoms with Crippen LogP contribution in [0, 0.1) is 0 Å². The van der Waals surface area contributed by atoms with Gasteiger partial charge >= 0.3 is 0 Å². The lowest BCUT2D eigenvalue weighted by Gasteiger charge is -2.15. The summed E-state index contributed by atoms with van der Waals surface area (Å²) in [7, 11) is 3.26. The molecule has 2 amide bonds. The molecule has 7 heteroatoms. The average molecular weight is 329 g/mol. The van der Waals surface area contributed by atoms with E-state index < -0.39 is 0 Å². The van der Waals surface area contributed by atoms with Gasteiger partial charge in [-0.2, -0.15) is 0 Å². The molecule has 0 aliphatic heterocycles. The first-order valence-corrected chi connectivity index (χ1v) is 6.45. The SMILES string of the molecule is CNC(=O)CN(C)CC(=O)Nc1ccc(N)cc1Br. The van der Waals surface area contributed by atoms with E-state index in [1.54, 1.807) is 37.2 Å². The lowest BCUT2D eigenvalue weighted by molar-refractivity contribution is -0.122. The summed E-state index contributed by atoms with van der Waals surface area (Å²) in [6.45, 7) is 0.303. The zero-order valence-corrected chi connectivity index (χ0v) is 12.5. The molecule has 0 atom stereocenters. The highest BCUT2D eigenvalue weighted by atomic mass is 79.9. The van der Waals surface area contributed by atoms with Crippen LogP contribution >= 0.6 is 15.9 Å². The lowest BCUT2D eigenvalue weighted by Crippen LogP contribution is -2.37. The highest BCUT2D eigenvalue weighted by Gasteiger charge is 2.11. The van der Waals surface area contributed by atoms with Gasteiger partial charge in [-0.05, 0) is 41.2 Å². The Labute approximate surface area is 120 Å². The van der Waals surface area contributed by atoms with Gasteiger partial charge in [0.05, 0.1) is 18.8 Å². The van der Waals surface area contributed by atoms with Crippen molar-refractivity contribution in [2.75, 3.05) is 38.2 Å². The molecule has 19 heavy (non-hydrogen) atoms. The molecule has 0 heterocycles. The van der Waals surface area contributed by atoms with Crippen LogP contribution in [0.1, 0.15) is 0 Å². The molecule has 0 saturated heterocycles. The van der Waals surface area contributed by atoms with E-state index in [9.17, 15) is 9.59 Å². The molecule has 0 aromatic heterocycles. The van der Waals surface area contributed by atoms with Crippen molar-refractivity contribution >= 4 is 39.1 Å². The Hall–Kier alpha value is -1.60. The third-order valence-electron chi connectivity index (χ3n) is 2.37. The van der Waals surface area contributed by atoms with Gasteiger partial charge in [0.15, 0.2) is 0 Å². The number of carbonyl (C=O) groups is 2. The van der Waals surface area contributed by atoms with Gasteiger partial charge in [0.1, 0.15) is 0 Å². The third-order valence-corrected chi connectivity index (χ3v) is 3.03. The molecule has 0 unspecified atom stereocenters. The Kier molecular flexibility index (Phi) is 5.78. The molecule has 0 fully saturated rings. The van der Waals surface area contributed by atoms with Crippen molar-refractivity contribution in [2.24, 2.45) is 0 Å². The highest BCUT2D eigenvalue weighted by Crippen LogP contribution is 2.24. The largest absolute Gasteiger partial charge is 0.399 e. The van der Waals surface area contributed by atoms with Gasteiger partial charge in [0.2, 0.25) is 11.8 Å². The smallest absolute Gasteiger partial charge is 0.238 e. The van der Waals surface area contributed by atoms with E-state index in [1.165, 1.54) is 0 Å². The molecule has 1 rings (SSSR count). The summed E-state index contributed by atoms with van der Waals surface area (Å²) in [5.41, 5.74) is 6.87. The molecule has 104 valence electrons. The highest BCUT2D eigenvalue weighted by molar-refractivity contribution is 9.10. The molecule has 0 spiro atoms. The molecule has 4 N–H and O–H groups in total. The van der Waals surface area contributed by atoms with Crippen molar-refractivity contribution in [1.29, 1.82) is 0 Å². The first kappa shape index (κ1) is 15.5. The van der Waals surface area contributed by atoms with Gasteiger partial charge in [-0.25, -0.2) is 0 Å². The van der Waals surface area contributed by atoms with Crippen molar-refractivity contribution in [3.63, 3.8) is 0 Å². The van der Waals surface area contributed by atoms with E-state index in [4.69, 9.17) is 5.73 Å². The fraction of sp³-hybridized carbons (Fsp3) is 0.333. The average Bonchev–Trinajstić information content (AvgIpc) is 2.32. The van der Waals surface area contributed by atoms with E-state index in [0.29, 0.717) is 11.4 Å². The van der Waals surface area contributed by atoms with E-state index >= 15 is 0 Å². The number of anilines is 2. The second-order valence-corrected chi connectivity index (χ2v) is 4.99. The van der Waals surface area contributed by atoms with Gasteiger partial charge in [-0.1, -0.05) is 0 Å². The minimum atomic E-state index is -0.197. The number of halogens is 1. The molecule has 0 bridgehead atoms. The Morgan fingerprint density at radius 3 is 2.53 bits per heavy atom. The van der Waals surface area contributed by atoms with Crippen LogP contribution < -0.4 is 16.4 Å². The van der Waals surface area contributed by atoms with Crippen molar-refractivity contribution in [1.82, 2.24) is 10.2 Å². The van der Waals surface area contributed by atoms with Crippen LogP contribution in [-0.2, 0) is 9.59 Å². The second-order valence-electron chi connectivity index (χ2n) is 4.13. The van der Waals surface area contributed by atoms with Crippen LogP contribution in [0.4, 0.5) is 11.4 Å². The molecule has 0 aliphatic rings. The number of nitrogens with one attached hydrogen (secondary N) is 2. The standard InChI is InChI=1S/C12H17BrN4O2/c1-15-11(18)6-17(2)7-12(19)16-10-4-3-8(14)5-9(10)13/h3-5H,6-7,14H2,1-2H3,(H,15,18)(H,16,19). The van der Waals surface area contributed by atoms with Crippen LogP contribution in [0.3, 0.4) is 0 Å². The van der Waals surface area contributed by atoms with Crippen LogP contribution in [-0.4, -0.2) is 43.9 Å². The zero-order valence-electron chi connectivity index (χ0n) is 10.9. The van der Waals surface area contributed by atoms with Crippen LogP contribution in [0.25, 0.3) is 0 Å². The quantitative estimate of drug-likeness (QED) is 0.692. The predicted molar refractivity (Wildman–Crippen MR) is 78.7 cm³/mol. The summed E-state index contributed by atoms with van der Waals surface area (Å²) < 4.78 is 0.717. The van der Waals surface area contributed by atoms with Gasteiger partial charge in [0, 0.05) is 17.2 Å². The van der Waals surface area contributed by atoms with E-state index in [1.807, 2.05) is 0 Å². The maximum absolute atomic E-state index is 11.8. The third kappa shape index (κ3) is 5.27. The number of hydrogen-bond donors (Lipinski definition) is 3. The fourth-order valence-electron chi connectivity index (χ4n) is 1.45. The molecule has 6 nitrogen and oxygen atoms in total. The number of nitrogens with two attached hydrogens (primary N) is 1. The fourth-order valence-corrected chi connectivity index (χ4v) is 1.94. The maximum Gasteiger partial charge on any atom is 0.238 e. The van der Waals surface area contributed by atoms with Crippen LogP contribution in [0.2, 0.25) is 0 Å². The van der Waals surface area contributed by atoms with Crippen molar-refractivity contribution in [2.45, 2.75) is 0 Å². The summed E-state index contributed by atoms with van der Waals surface area (Å²) in [4.78, 5) is 24.6. The van der Waals surface area contributed by atoms with E-state index in [-0.39, 0.29) is 24.9 Å². The summed E-state index contributed by atoms with van der Waals surface area (Å²) >= 11 is 3.32. The summed E-state index contributed by atoms with van der Waals surface area (Å²) in [5, 5.41) is 5.25. The minimum Gasteiger partial charge on any atom is -0.399 e. The normalized spacial score (nSPS) is 10.3. The maximum atomic E-state index is 11.8. The van der Waals surface area contributed by atoms with Gasteiger partial charge < -0.3 is 16.4 Å². The number of amides is 2. The molecule has 1 aromatic rings. The van der Waals surface area contributed by atoms with Crippen molar-refractivity contribution in [3.05, 3.63) is 22.7 Å². The molecule has 0 aliphatic carbocycles. The topological polar surface area (TPSA) is 87.5 Å². The van der Waals surface area contributed by atoms with Gasteiger partial charge in [0.25, 0.3) is 0 Å². The van der Waals surface area contributed by atoms with E-state index in [2.05, 4.69) is 26.6 Å². The Balaban J connectivity index is 2.53. The number of likely N-dealkylation sites (N-methyl/N-ethyl adjacent to an activating group) is 2. The summed E-state index contributed by atoms with van der Waals surface area (Å²) in [6.07, 6.45) is 0. The molecule has 0 radical (unpaired) electrons. The van der Waals surface area contributed by atoms with E-state index in [0.717, 1.165) is 4.47 Å². The van der Waals surface area contributed by atoms with Crippen LogP contribution in [0.15, 0.2) is 22.7 Å². The summed E-state index contributed by atoms with van der Waals surface area (Å²) in [6, 6.07) is 5.13. The first-order chi connectivity index (χ1) is 8.92. The monoisotopic (exact) mass is 328 g/mol. The Morgan fingerprint density at radius 2 is 1.95 bits per heavy atom. The summed E-state index contributed by atoms with van der Waals surface area (Å²) in [5.74, 6) is -0.333. The van der Waals surface area contributed by atoms with Crippen molar-refractivity contribution in [3.8, 4) is 0 Å². The molecule has 1 aromatic carbocycles. The number of nitrogen functional groups attached to an aromatic ring is 1. The minimum absolute atomic E-state index is 0.129. The zero-order chi connectivity index (χ0) is 14.4. The van der Waals surface area contributed by atoms with Gasteiger partial charge in [-0.3, -0.25) is 14.5 Å². The Morgan fingerprint density at radius 1 is 1.32 bits per heavy atom. The number of carbonyl (C=O) groups excluding carboxylic acids is 2. The lowest BCUT2D eigenvalue weighted by atomic mass is 10.3. The van der Waals surface area contributed by atoms with Crippen molar-refractivity contribution < 1.29 is 9.59 Å². The molecule has 0 saturated carbocycles.